The molecular formula is C13H17N3O3. The zero-order valence-electron chi connectivity index (χ0n) is 10.6. The molecule has 2 unspecified atom stereocenters. The van der Waals surface area contributed by atoms with Gasteiger partial charge in [0.25, 0.3) is 11.5 Å². The highest BCUT2D eigenvalue weighted by molar-refractivity contribution is 5.94. The molecular weight excluding hydrogens is 246 g/mol. The first-order chi connectivity index (χ1) is 9.11. The monoisotopic (exact) mass is 263 g/mol. The predicted octanol–water partition coefficient (Wildman–Crippen LogP) is 0.0470. The number of amides is 1. The van der Waals surface area contributed by atoms with E-state index in [0.717, 1.165) is 12.8 Å². The van der Waals surface area contributed by atoms with Crippen LogP contribution in [-0.4, -0.2) is 46.1 Å². The molecule has 3 N–H and O–H groups in total. The third kappa shape index (κ3) is 2.49. The molecule has 1 amide bonds. The minimum Gasteiger partial charge on any atom is -0.494 e. The van der Waals surface area contributed by atoms with Crippen LogP contribution in [0.15, 0.2) is 16.9 Å². The van der Waals surface area contributed by atoms with E-state index in [0.29, 0.717) is 25.2 Å². The number of carbonyl (C=O) groups excluding carboxylic acids is 1. The molecule has 1 aromatic rings. The third-order valence-electron chi connectivity index (χ3n) is 3.89. The summed E-state index contributed by atoms with van der Waals surface area (Å²) in [6.45, 7) is 1.36. The first-order valence-corrected chi connectivity index (χ1v) is 6.60. The fourth-order valence-electron chi connectivity index (χ4n) is 2.96. The first kappa shape index (κ1) is 12.2. The van der Waals surface area contributed by atoms with E-state index in [1.165, 1.54) is 18.6 Å². The Bertz CT molecular complexity index is 554. The lowest BCUT2D eigenvalue weighted by Crippen LogP contribution is -2.39. The molecule has 2 fully saturated rings. The molecule has 102 valence electrons. The van der Waals surface area contributed by atoms with E-state index in [-0.39, 0.29) is 17.4 Å². The van der Waals surface area contributed by atoms with Gasteiger partial charge < -0.3 is 15.3 Å². The predicted molar refractivity (Wildman–Crippen MR) is 69.2 cm³/mol. The van der Waals surface area contributed by atoms with Crippen LogP contribution in [0.2, 0.25) is 0 Å². The van der Waals surface area contributed by atoms with Gasteiger partial charge in [-0.15, -0.1) is 0 Å². The van der Waals surface area contributed by atoms with Crippen LogP contribution < -0.4 is 10.9 Å². The molecule has 3 rings (SSSR count). The molecule has 2 atom stereocenters. The average molecular weight is 263 g/mol. The van der Waals surface area contributed by atoms with E-state index in [1.54, 1.807) is 4.90 Å². The van der Waals surface area contributed by atoms with Gasteiger partial charge in [-0.1, -0.05) is 0 Å². The second-order valence-corrected chi connectivity index (χ2v) is 5.30. The topological polar surface area (TPSA) is 85.4 Å². The van der Waals surface area contributed by atoms with Gasteiger partial charge in [-0.25, -0.2) is 0 Å². The molecule has 19 heavy (non-hydrogen) atoms. The fourth-order valence-corrected chi connectivity index (χ4v) is 2.96. The molecule has 0 aromatic carbocycles. The summed E-state index contributed by atoms with van der Waals surface area (Å²) in [4.78, 5) is 27.7. The SMILES string of the molecule is O=C(c1cc(O)[nH]c(=O)c1)N1CCC2CCC(C1)N2. The van der Waals surface area contributed by atoms with Gasteiger partial charge in [-0.05, 0) is 19.3 Å². The summed E-state index contributed by atoms with van der Waals surface area (Å²) in [5.41, 5.74) is -0.211. The molecule has 2 aliphatic heterocycles. The summed E-state index contributed by atoms with van der Waals surface area (Å²) >= 11 is 0. The fraction of sp³-hybridized carbons (Fsp3) is 0.538. The molecule has 2 saturated heterocycles. The molecule has 0 saturated carbocycles. The number of likely N-dealkylation sites (tertiary alicyclic amines) is 1. The summed E-state index contributed by atoms with van der Waals surface area (Å²) in [6.07, 6.45) is 3.21. The summed E-state index contributed by atoms with van der Waals surface area (Å²) in [5.74, 6) is -0.457. The van der Waals surface area contributed by atoms with Crippen LogP contribution in [0.5, 0.6) is 5.88 Å². The Kier molecular flexibility index (Phi) is 3.02. The zero-order chi connectivity index (χ0) is 13.4. The highest BCUT2D eigenvalue weighted by Crippen LogP contribution is 2.21. The Morgan fingerprint density at radius 2 is 2.05 bits per heavy atom. The van der Waals surface area contributed by atoms with E-state index in [2.05, 4.69) is 10.3 Å². The second-order valence-electron chi connectivity index (χ2n) is 5.30. The lowest BCUT2D eigenvalue weighted by Gasteiger charge is -2.24. The van der Waals surface area contributed by atoms with Gasteiger partial charge in [-0.3, -0.25) is 14.6 Å². The number of carbonyl (C=O) groups is 1. The molecule has 6 nitrogen and oxygen atoms in total. The van der Waals surface area contributed by atoms with Crippen LogP contribution in [0.25, 0.3) is 0 Å². The Labute approximate surface area is 110 Å². The number of nitrogens with one attached hydrogen (secondary N) is 2. The van der Waals surface area contributed by atoms with Gasteiger partial charge >= 0.3 is 0 Å². The van der Waals surface area contributed by atoms with Crippen molar-refractivity contribution in [1.82, 2.24) is 15.2 Å². The van der Waals surface area contributed by atoms with Crippen LogP contribution in [0.3, 0.4) is 0 Å². The van der Waals surface area contributed by atoms with Crippen molar-refractivity contribution in [2.45, 2.75) is 31.3 Å². The van der Waals surface area contributed by atoms with Gasteiger partial charge in [0.1, 0.15) is 0 Å². The molecule has 6 heteroatoms. The second kappa shape index (κ2) is 4.70. The van der Waals surface area contributed by atoms with Crippen molar-refractivity contribution in [3.05, 3.63) is 28.0 Å². The highest BCUT2D eigenvalue weighted by Gasteiger charge is 2.31. The largest absolute Gasteiger partial charge is 0.494 e. The minimum atomic E-state index is -0.460. The Hall–Kier alpha value is -1.82. The van der Waals surface area contributed by atoms with Crippen molar-refractivity contribution >= 4 is 5.91 Å². The van der Waals surface area contributed by atoms with Crippen molar-refractivity contribution in [2.75, 3.05) is 13.1 Å². The normalized spacial score (nSPS) is 26.2. The molecule has 0 radical (unpaired) electrons. The standard InChI is InChI=1S/C13H17N3O3/c17-11-5-8(6-12(18)15-11)13(19)16-4-3-9-1-2-10(7-16)14-9/h5-6,9-10,14H,1-4,7H2,(H2,15,17,18). The number of pyridine rings is 1. The van der Waals surface area contributed by atoms with E-state index < -0.39 is 5.56 Å². The average Bonchev–Trinajstić information content (AvgIpc) is 2.67. The number of hydrogen-bond donors (Lipinski definition) is 3. The van der Waals surface area contributed by atoms with Gasteiger partial charge in [-0.2, -0.15) is 0 Å². The molecule has 3 heterocycles. The lowest BCUT2D eigenvalue weighted by atomic mass is 10.1. The number of H-pyrrole nitrogens is 1. The van der Waals surface area contributed by atoms with Gasteiger partial charge in [0, 0.05) is 37.3 Å². The van der Waals surface area contributed by atoms with E-state index in [4.69, 9.17) is 0 Å². The summed E-state index contributed by atoms with van der Waals surface area (Å²) in [5, 5.41) is 12.9. The molecule has 2 bridgehead atoms. The number of rotatable bonds is 1. The van der Waals surface area contributed by atoms with E-state index >= 15 is 0 Å². The number of hydrogen-bond acceptors (Lipinski definition) is 4. The van der Waals surface area contributed by atoms with E-state index in [9.17, 15) is 14.7 Å². The summed E-state index contributed by atoms with van der Waals surface area (Å²) in [7, 11) is 0. The first-order valence-electron chi connectivity index (χ1n) is 6.60. The van der Waals surface area contributed by atoms with Gasteiger partial charge in [0.15, 0.2) is 5.88 Å². The number of fused-ring (bicyclic) bond motifs is 2. The van der Waals surface area contributed by atoms with Crippen molar-refractivity contribution in [3.63, 3.8) is 0 Å². The zero-order valence-corrected chi connectivity index (χ0v) is 10.6. The van der Waals surface area contributed by atoms with E-state index in [1.807, 2.05) is 0 Å². The van der Waals surface area contributed by atoms with Crippen molar-refractivity contribution in [2.24, 2.45) is 0 Å². The number of aromatic amines is 1. The van der Waals surface area contributed by atoms with Crippen molar-refractivity contribution in [1.29, 1.82) is 0 Å². The lowest BCUT2D eigenvalue weighted by molar-refractivity contribution is 0.0747. The number of nitrogens with zero attached hydrogens (tertiary/aromatic N) is 1. The number of aromatic hydroxyl groups is 1. The maximum absolute atomic E-state index is 12.4. The Balaban J connectivity index is 1.81. The third-order valence-corrected chi connectivity index (χ3v) is 3.89. The molecule has 0 aliphatic carbocycles. The Morgan fingerprint density at radius 3 is 2.84 bits per heavy atom. The molecule has 0 spiro atoms. The number of aromatic nitrogens is 1. The quantitative estimate of drug-likeness (QED) is 0.668. The van der Waals surface area contributed by atoms with Crippen LogP contribution in [-0.2, 0) is 0 Å². The highest BCUT2D eigenvalue weighted by atomic mass is 16.3. The smallest absolute Gasteiger partial charge is 0.254 e. The Morgan fingerprint density at radius 1 is 1.26 bits per heavy atom. The molecule has 2 aliphatic rings. The molecule has 1 aromatic heterocycles. The van der Waals surface area contributed by atoms with Gasteiger partial charge in [0.05, 0.1) is 5.56 Å². The van der Waals surface area contributed by atoms with Crippen LogP contribution in [0.1, 0.15) is 29.6 Å². The van der Waals surface area contributed by atoms with Crippen LogP contribution >= 0.6 is 0 Å². The van der Waals surface area contributed by atoms with Crippen molar-refractivity contribution in [3.8, 4) is 5.88 Å². The van der Waals surface area contributed by atoms with Crippen molar-refractivity contribution < 1.29 is 9.90 Å². The van der Waals surface area contributed by atoms with Crippen LogP contribution in [0, 0.1) is 0 Å². The summed E-state index contributed by atoms with van der Waals surface area (Å²) < 4.78 is 0. The minimum absolute atomic E-state index is 0.184. The van der Waals surface area contributed by atoms with Gasteiger partial charge in [0.2, 0.25) is 0 Å². The van der Waals surface area contributed by atoms with Crippen LogP contribution in [0.4, 0.5) is 0 Å². The summed E-state index contributed by atoms with van der Waals surface area (Å²) in [6, 6.07) is 3.40. The maximum atomic E-state index is 12.4. The maximum Gasteiger partial charge on any atom is 0.254 e.